The summed E-state index contributed by atoms with van der Waals surface area (Å²) in [5, 5.41) is 4.32. The molecule has 8 heteroatoms. The molecule has 0 N–H and O–H groups in total. The molecule has 292 valence electrons. The van der Waals surface area contributed by atoms with Crippen LogP contribution < -0.4 is 0 Å². The Morgan fingerprint density at radius 3 is 1.72 bits per heavy atom. The van der Waals surface area contributed by atoms with Crippen molar-refractivity contribution in [3.63, 3.8) is 0 Å². The second-order valence-corrected chi connectivity index (χ2v) is 16.3. The molecular weight excluding hydrogens is 782 g/mol. The van der Waals surface area contributed by atoms with Gasteiger partial charge < -0.3 is 4.57 Å². The van der Waals surface area contributed by atoms with Crippen molar-refractivity contribution in [2.75, 3.05) is 0 Å². The van der Waals surface area contributed by atoms with Crippen LogP contribution in [0.3, 0.4) is 0 Å². The number of benzene rings is 8. The van der Waals surface area contributed by atoms with Gasteiger partial charge in [-0.2, -0.15) is 13.2 Å². The maximum absolute atomic E-state index is 14.0. The molecule has 8 aromatic carbocycles. The topological polar surface area (TPSA) is 43.6 Å². The van der Waals surface area contributed by atoms with Gasteiger partial charge in [0.2, 0.25) is 0 Å². The lowest BCUT2D eigenvalue weighted by atomic mass is 9.98. The van der Waals surface area contributed by atoms with E-state index in [2.05, 4.69) is 77.4 Å². The zero-order chi connectivity index (χ0) is 41.2. The third-order valence-electron chi connectivity index (χ3n) is 11.3. The van der Waals surface area contributed by atoms with Gasteiger partial charge in [-0.05, 0) is 95.4 Å². The molecular formula is C53H33F3N4S. The summed E-state index contributed by atoms with van der Waals surface area (Å²) in [6, 6.07) is 59.7. The third kappa shape index (κ3) is 6.53. The van der Waals surface area contributed by atoms with Crippen LogP contribution in [0.1, 0.15) is 11.1 Å². The van der Waals surface area contributed by atoms with Crippen molar-refractivity contribution in [2.45, 2.75) is 13.1 Å². The number of aryl methyl sites for hydroxylation is 1. The van der Waals surface area contributed by atoms with Crippen LogP contribution in [0.4, 0.5) is 13.2 Å². The summed E-state index contributed by atoms with van der Waals surface area (Å²) in [6.45, 7) is 1.70. The monoisotopic (exact) mass is 814 g/mol. The number of rotatable bonds is 6. The summed E-state index contributed by atoms with van der Waals surface area (Å²) in [5.74, 6) is 1.61. The maximum atomic E-state index is 14.0. The third-order valence-corrected chi connectivity index (χ3v) is 12.5. The molecule has 0 aliphatic heterocycles. The molecule has 0 atom stereocenters. The van der Waals surface area contributed by atoms with E-state index in [9.17, 15) is 13.2 Å². The summed E-state index contributed by atoms with van der Waals surface area (Å²) in [6.07, 6.45) is -4.46. The van der Waals surface area contributed by atoms with Gasteiger partial charge >= 0.3 is 6.18 Å². The molecule has 11 aromatic rings. The second kappa shape index (κ2) is 14.4. The van der Waals surface area contributed by atoms with E-state index in [4.69, 9.17) is 15.0 Å². The Kier molecular flexibility index (Phi) is 8.65. The molecule has 0 bridgehead atoms. The Morgan fingerprint density at radius 2 is 0.984 bits per heavy atom. The van der Waals surface area contributed by atoms with E-state index in [1.54, 1.807) is 24.3 Å². The van der Waals surface area contributed by atoms with Gasteiger partial charge in [0.1, 0.15) is 0 Å². The Hall–Kier alpha value is -7.42. The first-order chi connectivity index (χ1) is 29.7. The van der Waals surface area contributed by atoms with Crippen molar-refractivity contribution in [3.05, 3.63) is 193 Å². The fraction of sp³-hybridized carbons (Fsp3) is 0.0377. The van der Waals surface area contributed by atoms with Crippen molar-refractivity contribution in [1.29, 1.82) is 0 Å². The highest BCUT2D eigenvalue weighted by atomic mass is 32.1. The van der Waals surface area contributed by atoms with Gasteiger partial charge in [0.25, 0.3) is 0 Å². The largest absolute Gasteiger partial charge is 0.416 e. The molecule has 0 fully saturated rings. The number of halogens is 3. The molecule has 11 rings (SSSR count). The van der Waals surface area contributed by atoms with Crippen LogP contribution in [-0.4, -0.2) is 19.5 Å². The number of para-hydroxylation sites is 1. The van der Waals surface area contributed by atoms with E-state index in [1.807, 2.05) is 91.0 Å². The maximum Gasteiger partial charge on any atom is 0.416 e. The number of thiophene rings is 1. The first kappa shape index (κ1) is 36.6. The van der Waals surface area contributed by atoms with Crippen molar-refractivity contribution >= 4 is 53.3 Å². The lowest BCUT2D eigenvalue weighted by molar-refractivity contribution is -0.137. The van der Waals surface area contributed by atoms with Crippen molar-refractivity contribution < 1.29 is 13.2 Å². The Labute approximate surface area is 352 Å². The van der Waals surface area contributed by atoms with Gasteiger partial charge in [-0.3, -0.25) is 0 Å². The fourth-order valence-electron chi connectivity index (χ4n) is 8.45. The molecule has 3 aromatic heterocycles. The lowest BCUT2D eigenvalue weighted by Crippen LogP contribution is -2.05. The van der Waals surface area contributed by atoms with Gasteiger partial charge in [-0.15, -0.1) is 11.3 Å². The molecule has 61 heavy (non-hydrogen) atoms. The van der Waals surface area contributed by atoms with Crippen LogP contribution in [0, 0.1) is 6.92 Å². The number of aromatic nitrogens is 4. The predicted octanol–water partition coefficient (Wildman–Crippen LogP) is 15.0. The number of hydrogen-bond acceptors (Lipinski definition) is 4. The van der Waals surface area contributed by atoms with Crippen LogP contribution in [0.5, 0.6) is 0 Å². The SMILES string of the molecule is Cc1cc(-c2ccc3c(c2)c2ccccc2n3-c2ccc(-c3ccc4sc5ccccc5c4c3)cc2-c2nc(-c3ccccc3)nc(-c3ccccc3)n2)cc(C(F)(F)F)c1. The second-order valence-electron chi connectivity index (χ2n) is 15.2. The summed E-state index contributed by atoms with van der Waals surface area (Å²) in [7, 11) is 0. The number of alkyl halides is 3. The molecule has 0 aliphatic carbocycles. The van der Waals surface area contributed by atoms with E-state index >= 15 is 0 Å². The minimum Gasteiger partial charge on any atom is -0.309 e. The summed E-state index contributed by atoms with van der Waals surface area (Å²) in [5.41, 5.74) is 8.38. The summed E-state index contributed by atoms with van der Waals surface area (Å²) >= 11 is 1.79. The van der Waals surface area contributed by atoms with Crippen LogP contribution in [0.15, 0.2) is 182 Å². The molecule has 3 heterocycles. The summed E-state index contributed by atoms with van der Waals surface area (Å²) < 4.78 is 46.6. The van der Waals surface area contributed by atoms with Gasteiger partial charge in [0, 0.05) is 47.6 Å². The number of fused-ring (bicyclic) bond motifs is 6. The molecule has 0 aliphatic rings. The van der Waals surface area contributed by atoms with E-state index < -0.39 is 11.7 Å². The molecule has 0 amide bonds. The minimum absolute atomic E-state index is 0.508. The van der Waals surface area contributed by atoms with E-state index in [-0.39, 0.29) is 0 Å². The van der Waals surface area contributed by atoms with Crippen LogP contribution in [0.2, 0.25) is 0 Å². The van der Waals surface area contributed by atoms with E-state index in [1.165, 1.54) is 32.3 Å². The smallest absolute Gasteiger partial charge is 0.309 e. The lowest BCUT2D eigenvalue weighted by Gasteiger charge is -2.16. The normalized spacial score (nSPS) is 11.9. The van der Waals surface area contributed by atoms with Crippen LogP contribution >= 0.6 is 11.3 Å². The quantitative estimate of drug-likeness (QED) is 0.168. The molecule has 0 spiro atoms. The van der Waals surface area contributed by atoms with Crippen molar-refractivity contribution in [1.82, 2.24) is 19.5 Å². The van der Waals surface area contributed by atoms with Gasteiger partial charge in [-0.25, -0.2) is 15.0 Å². The zero-order valence-corrected chi connectivity index (χ0v) is 33.5. The van der Waals surface area contributed by atoms with Crippen LogP contribution in [0.25, 0.3) is 104 Å². The minimum atomic E-state index is -4.46. The highest BCUT2D eigenvalue weighted by Crippen LogP contribution is 2.42. The Bertz CT molecular complexity index is 3420. The molecule has 0 saturated heterocycles. The zero-order valence-electron chi connectivity index (χ0n) is 32.7. The standard InChI is InChI=1S/C53H33F3N4S/c1-32-26-38(28-39(27-32)53(54,55)56)37-21-23-46-42(29-37)40-16-8-10-18-45(40)60(46)47-24-20-35(36-22-25-49-43(30-36)41-17-9-11-19-48(41)61-49)31-44(47)52-58-50(33-12-4-2-5-13-33)57-51(59-52)34-14-6-3-7-15-34/h2-31H,1H3. The molecule has 0 unspecified atom stereocenters. The summed E-state index contributed by atoms with van der Waals surface area (Å²) in [4.78, 5) is 15.4. The highest BCUT2D eigenvalue weighted by Gasteiger charge is 2.31. The van der Waals surface area contributed by atoms with Crippen LogP contribution in [-0.2, 0) is 6.18 Å². The average Bonchev–Trinajstić information content (AvgIpc) is 3.84. The Morgan fingerprint density at radius 1 is 0.426 bits per heavy atom. The van der Waals surface area contributed by atoms with Gasteiger partial charge in [0.05, 0.1) is 22.3 Å². The number of hydrogen-bond donors (Lipinski definition) is 0. The van der Waals surface area contributed by atoms with Gasteiger partial charge in [0.15, 0.2) is 17.5 Å². The average molecular weight is 815 g/mol. The molecule has 0 saturated carbocycles. The van der Waals surface area contributed by atoms with E-state index in [0.29, 0.717) is 34.2 Å². The highest BCUT2D eigenvalue weighted by molar-refractivity contribution is 7.25. The van der Waals surface area contributed by atoms with Crippen molar-refractivity contribution in [2.24, 2.45) is 0 Å². The Balaban J connectivity index is 1.17. The van der Waals surface area contributed by atoms with E-state index in [0.717, 1.165) is 55.3 Å². The molecule has 4 nitrogen and oxygen atoms in total. The van der Waals surface area contributed by atoms with Gasteiger partial charge in [-0.1, -0.05) is 121 Å². The predicted molar refractivity (Wildman–Crippen MR) is 244 cm³/mol. The fourth-order valence-corrected chi connectivity index (χ4v) is 9.54. The first-order valence-corrected chi connectivity index (χ1v) is 20.7. The first-order valence-electron chi connectivity index (χ1n) is 19.9. The van der Waals surface area contributed by atoms with Crippen molar-refractivity contribution in [3.8, 4) is 62.1 Å². The molecule has 0 radical (unpaired) electrons. The number of nitrogens with zero attached hydrogens (tertiary/aromatic N) is 4.